The van der Waals surface area contributed by atoms with Crippen molar-refractivity contribution >= 4 is 57.9 Å². The van der Waals surface area contributed by atoms with Crippen LogP contribution in [0.5, 0.6) is 17.2 Å². The van der Waals surface area contributed by atoms with Gasteiger partial charge in [0, 0.05) is 6.54 Å². The zero-order chi connectivity index (χ0) is 21.8. The fourth-order valence-corrected chi connectivity index (χ4v) is 4.35. The molecule has 0 aromatic heterocycles. The summed E-state index contributed by atoms with van der Waals surface area (Å²) in [5.74, 6) is 0.402. The van der Waals surface area contributed by atoms with E-state index in [9.17, 15) is 9.59 Å². The second-order valence-electron chi connectivity index (χ2n) is 6.08. The smallest absolute Gasteiger partial charge is 0.343 e. The zero-order valence-electron chi connectivity index (χ0n) is 16.4. The van der Waals surface area contributed by atoms with Crippen molar-refractivity contribution in [1.82, 2.24) is 4.90 Å². The lowest BCUT2D eigenvalue weighted by Crippen LogP contribution is -2.27. The van der Waals surface area contributed by atoms with Crippen LogP contribution < -0.4 is 14.2 Å². The van der Waals surface area contributed by atoms with Gasteiger partial charge in [-0.25, -0.2) is 4.79 Å². The predicted molar refractivity (Wildman–Crippen MR) is 122 cm³/mol. The summed E-state index contributed by atoms with van der Waals surface area (Å²) in [7, 11) is 2.99. The van der Waals surface area contributed by atoms with Crippen LogP contribution in [-0.4, -0.2) is 41.9 Å². The molecular formula is C21H18ClNO5S2. The first-order chi connectivity index (χ1) is 14.4. The summed E-state index contributed by atoms with van der Waals surface area (Å²) < 4.78 is 16.3. The molecule has 0 aliphatic carbocycles. The van der Waals surface area contributed by atoms with Crippen molar-refractivity contribution in [1.29, 1.82) is 0 Å². The number of carbonyl (C=O) groups excluding carboxylic acids is 2. The minimum absolute atomic E-state index is 0.132. The number of ether oxygens (including phenoxy) is 3. The summed E-state index contributed by atoms with van der Waals surface area (Å²) >= 11 is 12.7. The number of amides is 1. The van der Waals surface area contributed by atoms with Crippen molar-refractivity contribution in [2.75, 3.05) is 20.8 Å². The van der Waals surface area contributed by atoms with Crippen LogP contribution in [0.15, 0.2) is 41.3 Å². The Hall–Kier alpha value is -2.55. The summed E-state index contributed by atoms with van der Waals surface area (Å²) in [4.78, 5) is 26.9. The highest BCUT2D eigenvalue weighted by atomic mass is 35.5. The first kappa shape index (κ1) is 22.1. The largest absolute Gasteiger partial charge is 0.493 e. The second kappa shape index (κ2) is 9.51. The van der Waals surface area contributed by atoms with E-state index >= 15 is 0 Å². The molecule has 2 aromatic rings. The third-order valence-corrected chi connectivity index (χ3v) is 5.94. The molecule has 1 aliphatic heterocycles. The highest BCUT2D eigenvalue weighted by molar-refractivity contribution is 8.26. The molecule has 0 spiro atoms. The number of rotatable bonds is 6. The van der Waals surface area contributed by atoms with Crippen molar-refractivity contribution in [2.24, 2.45) is 0 Å². The summed E-state index contributed by atoms with van der Waals surface area (Å²) in [6.45, 7) is 2.39. The van der Waals surface area contributed by atoms with Crippen molar-refractivity contribution in [2.45, 2.75) is 6.92 Å². The number of methoxy groups -OCH3 is 2. The minimum Gasteiger partial charge on any atom is -0.493 e. The Morgan fingerprint density at radius 2 is 1.83 bits per heavy atom. The maximum atomic E-state index is 12.5. The van der Waals surface area contributed by atoms with Gasteiger partial charge in [0.1, 0.15) is 10.1 Å². The molecule has 156 valence electrons. The molecule has 2 aromatic carbocycles. The van der Waals surface area contributed by atoms with Gasteiger partial charge in [-0.05, 0) is 48.9 Å². The van der Waals surface area contributed by atoms with Crippen molar-refractivity contribution in [3.05, 3.63) is 57.5 Å². The predicted octanol–water partition coefficient (Wildman–Crippen LogP) is 4.80. The van der Waals surface area contributed by atoms with Crippen molar-refractivity contribution in [3.8, 4) is 17.2 Å². The molecule has 1 fully saturated rings. The van der Waals surface area contributed by atoms with E-state index in [0.717, 1.165) is 0 Å². The Balaban J connectivity index is 1.78. The van der Waals surface area contributed by atoms with Crippen LogP contribution in [0.4, 0.5) is 0 Å². The van der Waals surface area contributed by atoms with E-state index in [1.54, 1.807) is 36.4 Å². The molecule has 0 radical (unpaired) electrons. The van der Waals surface area contributed by atoms with Gasteiger partial charge in [0.2, 0.25) is 0 Å². The van der Waals surface area contributed by atoms with Crippen LogP contribution in [0, 0.1) is 0 Å². The molecule has 30 heavy (non-hydrogen) atoms. The molecule has 0 saturated carbocycles. The van der Waals surface area contributed by atoms with E-state index in [4.69, 9.17) is 38.0 Å². The van der Waals surface area contributed by atoms with Gasteiger partial charge in [-0.15, -0.1) is 0 Å². The third-order valence-electron chi connectivity index (χ3n) is 4.27. The zero-order valence-corrected chi connectivity index (χ0v) is 18.8. The number of thiocarbonyl (C=S) groups is 1. The van der Waals surface area contributed by atoms with Crippen LogP contribution >= 0.6 is 35.6 Å². The van der Waals surface area contributed by atoms with Crippen LogP contribution in [-0.2, 0) is 4.79 Å². The maximum absolute atomic E-state index is 12.5. The van der Waals surface area contributed by atoms with Crippen LogP contribution in [0.3, 0.4) is 0 Å². The molecule has 3 rings (SSSR count). The number of esters is 1. The van der Waals surface area contributed by atoms with E-state index in [0.29, 0.717) is 32.8 Å². The minimum atomic E-state index is -0.588. The normalized spacial score (nSPS) is 14.9. The Kier molecular flexibility index (Phi) is 7.02. The van der Waals surface area contributed by atoms with E-state index in [1.165, 1.54) is 36.9 Å². The van der Waals surface area contributed by atoms with Crippen molar-refractivity contribution < 1.29 is 23.8 Å². The van der Waals surface area contributed by atoms with Gasteiger partial charge < -0.3 is 14.2 Å². The second-order valence-corrected chi connectivity index (χ2v) is 8.16. The first-order valence-corrected chi connectivity index (χ1v) is 10.5. The molecule has 6 nitrogen and oxygen atoms in total. The van der Waals surface area contributed by atoms with Crippen LogP contribution in [0.2, 0.25) is 5.02 Å². The van der Waals surface area contributed by atoms with Crippen LogP contribution in [0.1, 0.15) is 22.8 Å². The first-order valence-electron chi connectivity index (χ1n) is 8.87. The number of hydrogen-bond acceptors (Lipinski definition) is 7. The Morgan fingerprint density at radius 3 is 2.43 bits per heavy atom. The van der Waals surface area contributed by atoms with Gasteiger partial charge in [0.15, 0.2) is 11.5 Å². The van der Waals surface area contributed by atoms with Gasteiger partial charge in [0.25, 0.3) is 5.91 Å². The molecule has 1 saturated heterocycles. The standard InChI is InChI=1S/C21H18ClNO5S2/c1-4-23-19(24)18(30-21(23)29)10-12-5-7-15(14(22)9-12)28-20(25)13-6-8-16(26-2)17(11-13)27-3/h5-11H,4H2,1-3H3. The molecule has 0 N–H and O–H groups in total. The molecule has 0 unspecified atom stereocenters. The lowest BCUT2D eigenvalue weighted by molar-refractivity contribution is -0.121. The number of benzene rings is 2. The van der Waals surface area contributed by atoms with E-state index in [1.807, 2.05) is 6.92 Å². The maximum Gasteiger partial charge on any atom is 0.343 e. The molecule has 1 heterocycles. The fourth-order valence-electron chi connectivity index (χ4n) is 2.74. The van der Waals surface area contributed by atoms with Gasteiger partial charge >= 0.3 is 5.97 Å². The number of halogens is 1. The lowest BCUT2D eigenvalue weighted by Gasteiger charge is -2.10. The number of hydrogen-bond donors (Lipinski definition) is 0. The summed E-state index contributed by atoms with van der Waals surface area (Å²) in [6.07, 6.45) is 1.71. The summed E-state index contributed by atoms with van der Waals surface area (Å²) in [5, 5.41) is 0.239. The highest BCUT2D eigenvalue weighted by Gasteiger charge is 2.30. The van der Waals surface area contributed by atoms with Crippen LogP contribution in [0.25, 0.3) is 6.08 Å². The van der Waals surface area contributed by atoms with E-state index < -0.39 is 5.97 Å². The van der Waals surface area contributed by atoms with Gasteiger partial charge in [-0.2, -0.15) is 0 Å². The average molecular weight is 464 g/mol. The average Bonchev–Trinajstić information content (AvgIpc) is 3.01. The topological polar surface area (TPSA) is 65.1 Å². The highest BCUT2D eigenvalue weighted by Crippen LogP contribution is 2.34. The number of nitrogens with zero attached hydrogens (tertiary/aromatic N) is 1. The molecule has 1 aliphatic rings. The van der Waals surface area contributed by atoms with E-state index in [-0.39, 0.29) is 22.2 Å². The summed E-state index contributed by atoms with van der Waals surface area (Å²) in [5.41, 5.74) is 0.985. The third kappa shape index (κ3) is 4.61. The monoisotopic (exact) mass is 463 g/mol. The Morgan fingerprint density at radius 1 is 1.13 bits per heavy atom. The van der Waals surface area contributed by atoms with Gasteiger partial charge in [-0.1, -0.05) is 41.6 Å². The molecule has 1 amide bonds. The molecular weight excluding hydrogens is 446 g/mol. The summed E-state index contributed by atoms with van der Waals surface area (Å²) in [6, 6.07) is 9.62. The number of carbonyl (C=O) groups is 2. The fraction of sp³-hybridized carbons (Fsp3) is 0.190. The lowest BCUT2D eigenvalue weighted by atomic mass is 10.2. The Bertz CT molecular complexity index is 1050. The van der Waals surface area contributed by atoms with Crippen molar-refractivity contribution in [3.63, 3.8) is 0 Å². The van der Waals surface area contributed by atoms with E-state index in [2.05, 4.69) is 0 Å². The molecule has 9 heteroatoms. The Labute approximate surface area is 188 Å². The molecule has 0 bridgehead atoms. The quantitative estimate of drug-likeness (QED) is 0.264. The van der Waals surface area contributed by atoms with Gasteiger partial charge in [0.05, 0.1) is 29.7 Å². The molecule has 0 atom stereocenters. The SMILES string of the molecule is CCN1C(=O)C(=Cc2ccc(OC(=O)c3ccc(OC)c(OC)c3)c(Cl)c2)SC1=S. The van der Waals surface area contributed by atoms with Gasteiger partial charge in [-0.3, -0.25) is 9.69 Å². The number of thioether (sulfide) groups is 1. The number of likely N-dealkylation sites (N-methyl/N-ethyl adjacent to an activating group) is 1.